The highest BCUT2D eigenvalue weighted by atomic mass is 16.2. The van der Waals surface area contributed by atoms with E-state index in [9.17, 15) is 9.59 Å². The molecule has 0 bridgehead atoms. The van der Waals surface area contributed by atoms with Gasteiger partial charge in [0.25, 0.3) is 0 Å². The highest BCUT2D eigenvalue weighted by Crippen LogP contribution is 2.18. The normalized spacial score (nSPS) is 20.5. The van der Waals surface area contributed by atoms with E-state index in [1.54, 1.807) is 4.90 Å². The smallest absolute Gasteiger partial charge is 0.318 e. The third-order valence-electron chi connectivity index (χ3n) is 5.03. The maximum atomic E-state index is 12.4. The monoisotopic (exact) mass is 330 g/mol. The molecule has 1 aromatic carbocycles. The number of rotatable bonds is 3. The van der Waals surface area contributed by atoms with Gasteiger partial charge in [-0.25, -0.2) is 4.79 Å². The van der Waals surface area contributed by atoms with Gasteiger partial charge >= 0.3 is 6.03 Å². The third-order valence-corrected chi connectivity index (χ3v) is 5.03. The van der Waals surface area contributed by atoms with Gasteiger partial charge in [0.05, 0.1) is 6.54 Å². The van der Waals surface area contributed by atoms with Crippen LogP contribution in [0, 0.1) is 0 Å². The second-order valence-corrected chi connectivity index (χ2v) is 6.57. The van der Waals surface area contributed by atoms with Crippen molar-refractivity contribution in [2.24, 2.45) is 5.73 Å². The fourth-order valence-electron chi connectivity index (χ4n) is 3.61. The van der Waals surface area contributed by atoms with Crippen molar-refractivity contribution in [1.82, 2.24) is 15.1 Å². The van der Waals surface area contributed by atoms with Gasteiger partial charge in [-0.15, -0.1) is 0 Å². The lowest BCUT2D eigenvalue weighted by molar-refractivity contribution is -0.133. The van der Waals surface area contributed by atoms with Gasteiger partial charge < -0.3 is 20.9 Å². The first kappa shape index (κ1) is 16.8. The average molecular weight is 330 g/mol. The minimum atomic E-state index is -0.167. The second kappa shape index (κ2) is 7.66. The number of amides is 3. The molecule has 1 unspecified atom stereocenters. The second-order valence-electron chi connectivity index (χ2n) is 6.57. The first-order valence-electron chi connectivity index (χ1n) is 8.78. The maximum Gasteiger partial charge on any atom is 0.318 e. The van der Waals surface area contributed by atoms with Gasteiger partial charge in [0.1, 0.15) is 0 Å². The zero-order chi connectivity index (χ0) is 16.9. The van der Waals surface area contributed by atoms with Crippen LogP contribution in [-0.2, 0) is 17.8 Å². The molecule has 130 valence electrons. The van der Waals surface area contributed by atoms with E-state index in [0.29, 0.717) is 19.6 Å². The molecule has 2 heterocycles. The maximum absolute atomic E-state index is 12.4. The minimum absolute atomic E-state index is 0.0316. The molecule has 0 aromatic heterocycles. The van der Waals surface area contributed by atoms with Crippen molar-refractivity contribution in [3.05, 3.63) is 35.4 Å². The molecule has 1 fully saturated rings. The minimum Gasteiger partial charge on any atom is -0.337 e. The summed E-state index contributed by atoms with van der Waals surface area (Å²) in [5.41, 5.74) is 8.25. The summed E-state index contributed by atoms with van der Waals surface area (Å²) in [4.78, 5) is 28.4. The van der Waals surface area contributed by atoms with Gasteiger partial charge in [-0.2, -0.15) is 0 Å². The van der Waals surface area contributed by atoms with Gasteiger partial charge in [0.2, 0.25) is 5.91 Å². The SMILES string of the molecule is NCC1CCCCN1C(=O)CNC(=O)N1CCc2ccccc2C1. The molecule has 3 rings (SSSR count). The predicted molar refractivity (Wildman–Crippen MR) is 92.4 cm³/mol. The van der Waals surface area contributed by atoms with Crippen molar-refractivity contribution < 1.29 is 9.59 Å². The number of carbonyl (C=O) groups is 2. The third kappa shape index (κ3) is 3.70. The Hall–Kier alpha value is -2.08. The number of piperidine rings is 1. The topological polar surface area (TPSA) is 78.7 Å². The lowest BCUT2D eigenvalue weighted by Gasteiger charge is -2.35. The Balaban J connectivity index is 1.51. The van der Waals surface area contributed by atoms with Gasteiger partial charge in [-0.05, 0) is 36.8 Å². The van der Waals surface area contributed by atoms with Crippen molar-refractivity contribution in [1.29, 1.82) is 0 Å². The van der Waals surface area contributed by atoms with Crippen molar-refractivity contribution in [2.75, 3.05) is 26.2 Å². The summed E-state index contributed by atoms with van der Waals surface area (Å²) in [6.07, 6.45) is 3.95. The summed E-state index contributed by atoms with van der Waals surface area (Å²) in [6.45, 7) is 2.57. The number of benzene rings is 1. The summed E-state index contributed by atoms with van der Waals surface area (Å²) in [6, 6.07) is 8.13. The molecule has 24 heavy (non-hydrogen) atoms. The molecule has 3 amide bonds. The van der Waals surface area contributed by atoms with Crippen molar-refractivity contribution in [2.45, 2.75) is 38.3 Å². The molecule has 2 aliphatic rings. The number of urea groups is 1. The molecule has 1 aromatic rings. The van der Waals surface area contributed by atoms with E-state index in [1.165, 1.54) is 11.1 Å². The summed E-state index contributed by atoms with van der Waals surface area (Å²) in [7, 11) is 0. The molecule has 0 radical (unpaired) electrons. The van der Waals surface area contributed by atoms with E-state index in [2.05, 4.69) is 17.4 Å². The van der Waals surface area contributed by atoms with Crippen molar-refractivity contribution in [3.8, 4) is 0 Å². The first-order chi connectivity index (χ1) is 11.7. The fourth-order valence-corrected chi connectivity index (χ4v) is 3.61. The number of likely N-dealkylation sites (tertiary alicyclic amines) is 1. The Bertz CT molecular complexity index is 604. The number of hydrogen-bond donors (Lipinski definition) is 2. The highest BCUT2D eigenvalue weighted by Gasteiger charge is 2.26. The number of nitrogens with zero attached hydrogens (tertiary/aromatic N) is 2. The molecular formula is C18H26N4O2. The van der Waals surface area contributed by atoms with Crippen molar-refractivity contribution in [3.63, 3.8) is 0 Å². The standard InChI is InChI=1S/C18H26N4O2/c19-11-16-7-3-4-9-22(16)17(23)12-20-18(24)21-10-8-14-5-1-2-6-15(14)13-21/h1-2,5-6,16H,3-4,7-13,19H2,(H,20,24). The molecule has 2 aliphatic heterocycles. The Kier molecular flexibility index (Phi) is 5.35. The molecule has 6 nitrogen and oxygen atoms in total. The van der Waals surface area contributed by atoms with Crippen LogP contribution in [0.3, 0.4) is 0 Å². The number of hydrogen-bond acceptors (Lipinski definition) is 3. The largest absolute Gasteiger partial charge is 0.337 e. The van der Waals surface area contributed by atoms with Gasteiger partial charge in [0, 0.05) is 32.2 Å². The molecule has 1 atom stereocenters. The van der Waals surface area contributed by atoms with E-state index in [1.807, 2.05) is 17.0 Å². The number of nitrogens with two attached hydrogens (primary N) is 1. The van der Waals surface area contributed by atoms with Gasteiger partial charge in [0.15, 0.2) is 0 Å². The molecule has 1 saturated heterocycles. The molecule has 6 heteroatoms. The van der Waals surface area contributed by atoms with E-state index in [4.69, 9.17) is 5.73 Å². The lowest BCUT2D eigenvalue weighted by Crippen LogP contribution is -2.52. The highest BCUT2D eigenvalue weighted by molar-refractivity contribution is 5.84. The van der Waals surface area contributed by atoms with Gasteiger partial charge in [-0.3, -0.25) is 4.79 Å². The molecule has 0 saturated carbocycles. The Labute approximate surface area is 143 Å². The summed E-state index contributed by atoms with van der Waals surface area (Å²) in [5.74, 6) is -0.0316. The van der Waals surface area contributed by atoms with E-state index >= 15 is 0 Å². The van der Waals surface area contributed by atoms with Crippen LogP contribution < -0.4 is 11.1 Å². The van der Waals surface area contributed by atoms with Crippen LogP contribution in [0.25, 0.3) is 0 Å². The van der Waals surface area contributed by atoms with Crippen LogP contribution in [0.15, 0.2) is 24.3 Å². The molecule has 0 aliphatic carbocycles. The van der Waals surface area contributed by atoms with E-state index in [-0.39, 0.29) is 24.5 Å². The van der Waals surface area contributed by atoms with Crippen LogP contribution in [-0.4, -0.2) is 54.0 Å². The fraction of sp³-hybridized carbons (Fsp3) is 0.556. The van der Waals surface area contributed by atoms with Crippen LogP contribution in [0.2, 0.25) is 0 Å². The van der Waals surface area contributed by atoms with Gasteiger partial charge in [-0.1, -0.05) is 24.3 Å². The lowest BCUT2D eigenvalue weighted by atomic mass is 10.0. The van der Waals surface area contributed by atoms with E-state index < -0.39 is 0 Å². The number of nitrogens with one attached hydrogen (secondary N) is 1. The Morgan fingerprint density at radius 2 is 1.96 bits per heavy atom. The zero-order valence-corrected chi connectivity index (χ0v) is 14.0. The Morgan fingerprint density at radius 1 is 1.17 bits per heavy atom. The predicted octanol–water partition coefficient (Wildman–Crippen LogP) is 1.09. The average Bonchev–Trinajstić information content (AvgIpc) is 2.65. The summed E-state index contributed by atoms with van der Waals surface area (Å²) < 4.78 is 0. The molecule has 0 spiro atoms. The first-order valence-corrected chi connectivity index (χ1v) is 8.78. The van der Waals surface area contributed by atoms with Crippen LogP contribution in [0.4, 0.5) is 4.79 Å². The van der Waals surface area contributed by atoms with E-state index in [0.717, 1.165) is 32.2 Å². The molecule has 3 N–H and O–H groups in total. The van der Waals surface area contributed by atoms with Crippen LogP contribution in [0.5, 0.6) is 0 Å². The number of fused-ring (bicyclic) bond motifs is 1. The Morgan fingerprint density at radius 3 is 2.75 bits per heavy atom. The van der Waals surface area contributed by atoms with Crippen LogP contribution >= 0.6 is 0 Å². The number of carbonyl (C=O) groups excluding carboxylic acids is 2. The summed E-state index contributed by atoms with van der Waals surface area (Å²) in [5, 5.41) is 2.78. The molecular weight excluding hydrogens is 304 g/mol. The zero-order valence-electron chi connectivity index (χ0n) is 14.0. The quantitative estimate of drug-likeness (QED) is 0.871. The van der Waals surface area contributed by atoms with Crippen molar-refractivity contribution >= 4 is 11.9 Å². The summed E-state index contributed by atoms with van der Waals surface area (Å²) >= 11 is 0. The van der Waals surface area contributed by atoms with Crippen LogP contribution in [0.1, 0.15) is 30.4 Å².